The van der Waals surface area contributed by atoms with Crippen LogP contribution in [0.2, 0.25) is 0 Å². The van der Waals surface area contributed by atoms with Crippen molar-refractivity contribution in [3.8, 4) is 0 Å². The minimum atomic E-state index is -0.734. The molecule has 2 N–H and O–H groups in total. The van der Waals surface area contributed by atoms with E-state index < -0.39 is 11.9 Å². The van der Waals surface area contributed by atoms with Crippen LogP contribution in [0.25, 0.3) is 10.9 Å². The van der Waals surface area contributed by atoms with Crippen LogP contribution in [0.4, 0.5) is 0 Å². The van der Waals surface area contributed by atoms with Gasteiger partial charge < -0.3 is 10.1 Å². The molecule has 1 aromatic heterocycles. The Kier molecular flexibility index (Phi) is 2.97. The molecule has 0 spiro atoms. The number of fused-ring (bicyclic) bond motifs is 5. The number of aliphatic carboxylic acids is 1. The number of aromatic amines is 1. The third-order valence-electron chi connectivity index (χ3n) is 4.65. The van der Waals surface area contributed by atoms with E-state index in [0.29, 0.717) is 13.0 Å². The second-order valence-electron chi connectivity index (χ2n) is 5.82. The average molecular weight is 286 g/mol. The Morgan fingerprint density at radius 1 is 1.38 bits per heavy atom. The van der Waals surface area contributed by atoms with Gasteiger partial charge in [0.05, 0.1) is 18.6 Å². The molecule has 2 atom stereocenters. The zero-order valence-corrected chi connectivity index (χ0v) is 11.7. The molecule has 2 aliphatic heterocycles. The second kappa shape index (κ2) is 4.86. The lowest BCUT2D eigenvalue weighted by Crippen LogP contribution is -2.40. The first-order chi connectivity index (χ1) is 10.3. The summed E-state index contributed by atoms with van der Waals surface area (Å²) in [5.74, 6) is -1.15. The number of hydroxylamine groups is 2. The van der Waals surface area contributed by atoms with Crippen LogP contribution in [-0.2, 0) is 16.1 Å². The number of carboxylic acids is 1. The smallest absolute Gasteiger partial charge is 0.308 e. The van der Waals surface area contributed by atoms with Crippen molar-refractivity contribution in [3.63, 3.8) is 0 Å². The minimum Gasteiger partial charge on any atom is -0.481 e. The zero-order valence-electron chi connectivity index (χ0n) is 11.7. The summed E-state index contributed by atoms with van der Waals surface area (Å²) in [5, 5.41) is 12.7. The number of benzene rings is 1. The molecule has 0 saturated carbocycles. The van der Waals surface area contributed by atoms with E-state index in [2.05, 4.69) is 11.1 Å². The Hall–Kier alpha value is -1.85. The van der Waals surface area contributed by atoms with Gasteiger partial charge in [-0.05, 0) is 30.9 Å². The van der Waals surface area contributed by atoms with Gasteiger partial charge in [-0.3, -0.25) is 9.63 Å². The quantitative estimate of drug-likeness (QED) is 0.845. The minimum absolute atomic E-state index is 0.207. The number of rotatable bonds is 1. The van der Waals surface area contributed by atoms with Gasteiger partial charge in [-0.15, -0.1) is 0 Å². The van der Waals surface area contributed by atoms with Gasteiger partial charge in [0.25, 0.3) is 0 Å². The maximum absolute atomic E-state index is 11.7. The van der Waals surface area contributed by atoms with Crippen molar-refractivity contribution in [2.75, 3.05) is 13.2 Å². The van der Waals surface area contributed by atoms with Crippen LogP contribution in [0, 0.1) is 5.92 Å². The first kappa shape index (κ1) is 12.9. The zero-order chi connectivity index (χ0) is 14.4. The van der Waals surface area contributed by atoms with Gasteiger partial charge in [-0.25, -0.2) is 0 Å². The highest BCUT2D eigenvalue weighted by Gasteiger charge is 2.41. The van der Waals surface area contributed by atoms with E-state index in [4.69, 9.17) is 4.84 Å². The van der Waals surface area contributed by atoms with Crippen LogP contribution in [0.15, 0.2) is 24.3 Å². The van der Waals surface area contributed by atoms with E-state index in [-0.39, 0.29) is 6.04 Å². The topological polar surface area (TPSA) is 65.6 Å². The number of hydrogen-bond donors (Lipinski definition) is 2. The summed E-state index contributed by atoms with van der Waals surface area (Å²) in [6.07, 6.45) is 2.34. The van der Waals surface area contributed by atoms with E-state index in [1.54, 1.807) is 0 Å². The van der Waals surface area contributed by atoms with E-state index in [0.717, 1.165) is 30.6 Å². The van der Waals surface area contributed by atoms with Gasteiger partial charge in [-0.1, -0.05) is 18.2 Å². The third kappa shape index (κ3) is 1.96. The molecule has 2 aromatic rings. The van der Waals surface area contributed by atoms with E-state index in [1.165, 1.54) is 10.9 Å². The molecule has 5 heteroatoms. The van der Waals surface area contributed by atoms with Gasteiger partial charge in [0.2, 0.25) is 0 Å². The van der Waals surface area contributed by atoms with Crippen molar-refractivity contribution in [1.29, 1.82) is 0 Å². The number of para-hydroxylation sites is 1. The lowest BCUT2D eigenvalue weighted by atomic mass is 9.87. The first-order valence-corrected chi connectivity index (χ1v) is 7.47. The highest BCUT2D eigenvalue weighted by atomic mass is 16.7. The van der Waals surface area contributed by atoms with Crippen molar-refractivity contribution in [3.05, 3.63) is 35.5 Å². The largest absolute Gasteiger partial charge is 0.481 e. The highest BCUT2D eigenvalue weighted by molar-refractivity contribution is 5.85. The van der Waals surface area contributed by atoms with Crippen molar-refractivity contribution in [1.82, 2.24) is 10.0 Å². The number of hydrogen-bond acceptors (Lipinski definition) is 3. The molecule has 3 heterocycles. The van der Waals surface area contributed by atoms with E-state index >= 15 is 0 Å². The SMILES string of the molecule is O=C(O)[C@H]1CCCON2CCc3c([nH]c4ccccc34)[C@H]12. The van der Waals surface area contributed by atoms with E-state index in [1.807, 2.05) is 23.3 Å². The number of carbonyl (C=O) groups is 1. The van der Waals surface area contributed by atoms with Crippen LogP contribution in [0.1, 0.15) is 30.1 Å². The highest BCUT2D eigenvalue weighted by Crippen LogP contribution is 2.41. The van der Waals surface area contributed by atoms with Crippen LogP contribution in [-0.4, -0.2) is 34.3 Å². The van der Waals surface area contributed by atoms with Crippen LogP contribution >= 0.6 is 0 Å². The molecule has 0 radical (unpaired) electrons. The molecule has 1 fully saturated rings. The Morgan fingerprint density at radius 2 is 2.24 bits per heavy atom. The summed E-state index contributed by atoms with van der Waals surface area (Å²) in [6, 6.07) is 7.97. The number of nitrogens with one attached hydrogen (secondary N) is 1. The van der Waals surface area contributed by atoms with Crippen LogP contribution in [0.3, 0.4) is 0 Å². The maximum Gasteiger partial charge on any atom is 0.308 e. The number of carboxylic acid groups (broad SMARTS) is 1. The predicted octanol–water partition coefficient (Wildman–Crippen LogP) is 2.49. The number of nitrogens with zero attached hydrogens (tertiary/aromatic N) is 1. The normalized spacial score (nSPS) is 26.1. The average Bonchev–Trinajstić information content (AvgIpc) is 2.71. The predicted molar refractivity (Wildman–Crippen MR) is 77.8 cm³/mol. The molecule has 110 valence electrons. The monoisotopic (exact) mass is 286 g/mol. The summed E-state index contributed by atoms with van der Waals surface area (Å²) in [4.78, 5) is 20.9. The van der Waals surface area contributed by atoms with Crippen LogP contribution < -0.4 is 0 Å². The standard InChI is InChI=1S/C16H18N2O3/c19-16(20)12-5-3-9-21-18-8-7-11-10-4-1-2-6-13(10)17-14(11)15(12)18/h1-2,4,6,12,15,17H,3,5,7-9H2,(H,19,20)/t12-,15-/m0/s1. The van der Waals surface area contributed by atoms with Crippen molar-refractivity contribution in [2.45, 2.75) is 25.3 Å². The third-order valence-corrected chi connectivity index (χ3v) is 4.65. The summed E-state index contributed by atoms with van der Waals surface area (Å²) in [5.41, 5.74) is 3.36. The van der Waals surface area contributed by atoms with Crippen molar-refractivity contribution < 1.29 is 14.7 Å². The maximum atomic E-state index is 11.7. The second-order valence-corrected chi connectivity index (χ2v) is 5.82. The molecule has 4 rings (SSSR count). The summed E-state index contributed by atoms with van der Waals surface area (Å²) in [7, 11) is 0. The fourth-order valence-electron chi connectivity index (χ4n) is 3.70. The van der Waals surface area contributed by atoms with Crippen molar-refractivity contribution in [2.24, 2.45) is 5.92 Å². The van der Waals surface area contributed by atoms with Gasteiger partial charge in [0, 0.05) is 23.1 Å². The van der Waals surface area contributed by atoms with Gasteiger partial charge in [0.1, 0.15) is 0 Å². The molecule has 1 saturated heterocycles. The molecule has 21 heavy (non-hydrogen) atoms. The molecular formula is C16H18N2O3. The van der Waals surface area contributed by atoms with E-state index in [9.17, 15) is 9.90 Å². The van der Waals surface area contributed by atoms with Crippen molar-refractivity contribution >= 4 is 16.9 Å². The van der Waals surface area contributed by atoms with Gasteiger partial charge in [-0.2, -0.15) is 5.06 Å². The molecule has 0 aliphatic carbocycles. The van der Waals surface area contributed by atoms with Gasteiger partial charge >= 0.3 is 5.97 Å². The lowest BCUT2D eigenvalue weighted by Gasteiger charge is -2.35. The fraction of sp³-hybridized carbons (Fsp3) is 0.438. The molecule has 5 nitrogen and oxygen atoms in total. The first-order valence-electron chi connectivity index (χ1n) is 7.47. The molecule has 0 unspecified atom stereocenters. The van der Waals surface area contributed by atoms with Gasteiger partial charge in [0.15, 0.2) is 0 Å². The summed E-state index contributed by atoms with van der Waals surface area (Å²) < 4.78 is 0. The molecule has 2 aliphatic rings. The number of aromatic nitrogens is 1. The lowest BCUT2D eigenvalue weighted by molar-refractivity contribution is -0.196. The summed E-state index contributed by atoms with van der Waals surface area (Å²) >= 11 is 0. The Labute approximate surface area is 122 Å². The molecule has 0 amide bonds. The molecule has 1 aromatic carbocycles. The summed E-state index contributed by atoms with van der Waals surface area (Å²) in [6.45, 7) is 1.36. The Morgan fingerprint density at radius 3 is 3.10 bits per heavy atom. The van der Waals surface area contributed by atoms with Crippen LogP contribution in [0.5, 0.6) is 0 Å². The Bertz CT molecular complexity index is 694. The Balaban J connectivity index is 1.88. The number of H-pyrrole nitrogens is 1. The molecular weight excluding hydrogens is 268 g/mol. The fourth-order valence-corrected chi connectivity index (χ4v) is 3.70. The molecule has 0 bridgehead atoms.